The van der Waals surface area contributed by atoms with Crippen LogP contribution in [0.1, 0.15) is 24.2 Å². The first kappa shape index (κ1) is 12.9. The highest BCUT2D eigenvalue weighted by atomic mass is 19.4. The molecule has 0 aliphatic heterocycles. The Morgan fingerprint density at radius 1 is 1.19 bits per heavy atom. The van der Waals surface area contributed by atoms with Crippen LogP contribution in [0.25, 0.3) is 0 Å². The molecule has 1 aromatic rings. The van der Waals surface area contributed by atoms with Crippen molar-refractivity contribution in [3.63, 3.8) is 0 Å². The lowest BCUT2D eigenvalue weighted by atomic mass is 10.1. The zero-order chi connectivity index (χ0) is 12.7. The summed E-state index contributed by atoms with van der Waals surface area (Å²) in [6.45, 7) is 0.789. The maximum Gasteiger partial charge on any atom is 0.435 e. The zero-order valence-electron chi connectivity index (χ0n) is 8.32. The highest BCUT2D eigenvalue weighted by molar-refractivity contribution is 5.17. The highest BCUT2D eigenvalue weighted by Gasteiger charge is 2.41. The standard InChI is InChI=1S/C8H8F6N2/c1-4(7(9,10)11)5-3-6(8(12,13)14)15-16(5)2/h3-4H,1-2H3. The van der Waals surface area contributed by atoms with E-state index in [0.29, 0.717) is 10.7 Å². The minimum atomic E-state index is -4.73. The molecule has 8 heteroatoms. The van der Waals surface area contributed by atoms with Crippen molar-refractivity contribution in [2.24, 2.45) is 7.05 Å². The number of halogens is 6. The number of alkyl halides is 6. The number of hydrogen-bond donors (Lipinski definition) is 0. The fraction of sp³-hybridized carbons (Fsp3) is 0.625. The van der Waals surface area contributed by atoms with E-state index in [2.05, 4.69) is 5.10 Å². The number of nitrogens with zero attached hydrogens (tertiary/aromatic N) is 2. The molecule has 0 aliphatic carbocycles. The molecule has 1 atom stereocenters. The SMILES string of the molecule is CC(c1cc(C(F)(F)F)nn1C)C(F)(F)F. The van der Waals surface area contributed by atoms with Crippen LogP contribution in [0.2, 0.25) is 0 Å². The summed E-state index contributed by atoms with van der Waals surface area (Å²) >= 11 is 0. The second-order valence-corrected chi connectivity index (χ2v) is 3.34. The zero-order valence-corrected chi connectivity index (χ0v) is 8.32. The van der Waals surface area contributed by atoms with Crippen LogP contribution in [0.4, 0.5) is 26.3 Å². The van der Waals surface area contributed by atoms with Crippen LogP contribution in [0.3, 0.4) is 0 Å². The molecule has 1 aromatic heterocycles. The average molecular weight is 246 g/mol. The van der Waals surface area contributed by atoms with E-state index in [1.807, 2.05) is 0 Å². The predicted octanol–water partition coefficient (Wildman–Crippen LogP) is 3.10. The average Bonchev–Trinajstić information content (AvgIpc) is 2.43. The third kappa shape index (κ3) is 2.48. The van der Waals surface area contributed by atoms with E-state index >= 15 is 0 Å². The van der Waals surface area contributed by atoms with Gasteiger partial charge in [-0.05, 0) is 13.0 Å². The fourth-order valence-electron chi connectivity index (χ4n) is 1.19. The van der Waals surface area contributed by atoms with Crippen molar-refractivity contribution in [3.8, 4) is 0 Å². The third-order valence-corrected chi connectivity index (χ3v) is 2.14. The van der Waals surface area contributed by atoms with E-state index in [0.717, 1.165) is 14.0 Å². The van der Waals surface area contributed by atoms with Gasteiger partial charge >= 0.3 is 12.4 Å². The van der Waals surface area contributed by atoms with Crippen molar-refractivity contribution in [1.29, 1.82) is 0 Å². The second-order valence-electron chi connectivity index (χ2n) is 3.34. The van der Waals surface area contributed by atoms with Gasteiger partial charge in [0.05, 0.1) is 11.6 Å². The summed E-state index contributed by atoms with van der Waals surface area (Å²) in [4.78, 5) is 0. The minimum absolute atomic E-state index is 0.415. The fourth-order valence-corrected chi connectivity index (χ4v) is 1.19. The lowest BCUT2D eigenvalue weighted by Gasteiger charge is -2.15. The molecular weight excluding hydrogens is 238 g/mol. The van der Waals surface area contributed by atoms with Crippen molar-refractivity contribution < 1.29 is 26.3 Å². The van der Waals surface area contributed by atoms with E-state index in [1.54, 1.807) is 0 Å². The maximum absolute atomic E-state index is 12.3. The minimum Gasteiger partial charge on any atom is -0.271 e. The molecule has 0 aliphatic rings. The van der Waals surface area contributed by atoms with E-state index in [1.165, 1.54) is 0 Å². The first-order valence-corrected chi connectivity index (χ1v) is 4.21. The van der Waals surface area contributed by atoms with Gasteiger partial charge in [-0.15, -0.1) is 0 Å². The molecular formula is C8H8F6N2. The monoisotopic (exact) mass is 246 g/mol. The molecule has 0 aromatic carbocycles. The largest absolute Gasteiger partial charge is 0.435 e. The summed E-state index contributed by atoms with van der Waals surface area (Å²) in [7, 11) is 1.05. The first-order valence-electron chi connectivity index (χ1n) is 4.21. The predicted molar refractivity (Wildman–Crippen MR) is 42.7 cm³/mol. The second kappa shape index (κ2) is 3.67. The van der Waals surface area contributed by atoms with Gasteiger partial charge < -0.3 is 0 Å². The van der Waals surface area contributed by atoms with Crippen LogP contribution < -0.4 is 0 Å². The molecule has 2 nitrogen and oxygen atoms in total. The van der Waals surface area contributed by atoms with Crippen LogP contribution in [-0.4, -0.2) is 16.0 Å². The molecule has 0 saturated carbocycles. The molecule has 0 radical (unpaired) electrons. The smallest absolute Gasteiger partial charge is 0.271 e. The number of aromatic nitrogens is 2. The van der Waals surface area contributed by atoms with Crippen molar-refractivity contribution in [3.05, 3.63) is 17.5 Å². The number of hydrogen-bond acceptors (Lipinski definition) is 1. The first-order chi connectivity index (χ1) is 7.03. The van der Waals surface area contributed by atoms with Crippen molar-refractivity contribution in [2.75, 3.05) is 0 Å². The Morgan fingerprint density at radius 3 is 2.00 bits per heavy atom. The van der Waals surface area contributed by atoms with Gasteiger partial charge in [-0.1, -0.05) is 0 Å². The molecule has 1 unspecified atom stereocenters. The Bertz CT molecular complexity index is 375. The Balaban J connectivity index is 3.13. The van der Waals surface area contributed by atoms with Crippen molar-refractivity contribution in [1.82, 2.24) is 9.78 Å². The van der Waals surface area contributed by atoms with Crippen LogP contribution in [-0.2, 0) is 13.2 Å². The summed E-state index contributed by atoms with van der Waals surface area (Å²) in [6.07, 6.45) is -9.32. The van der Waals surface area contributed by atoms with Crippen molar-refractivity contribution in [2.45, 2.75) is 25.2 Å². The lowest BCUT2D eigenvalue weighted by molar-refractivity contribution is -0.148. The normalized spacial score (nSPS) is 15.2. The molecule has 16 heavy (non-hydrogen) atoms. The Hall–Kier alpha value is -1.21. The van der Waals surface area contributed by atoms with Crippen LogP contribution in [0.15, 0.2) is 6.07 Å². The van der Waals surface area contributed by atoms with Gasteiger partial charge in [0, 0.05) is 7.05 Å². The van der Waals surface area contributed by atoms with Gasteiger partial charge in [-0.2, -0.15) is 31.4 Å². The molecule has 92 valence electrons. The van der Waals surface area contributed by atoms with E-state index in [-0.39, 0.29) is 0 Å². The number of rotatable bonds is 1. The van der Waals surface area contributed by atoms with Gasteiger partial charge in [0.2, 0.25) is 0 Å². The van der Waals surface area contributed by atoms with Crippen LogP contribution in [0.5, 0.6) is 0 Å². The molecule has 0 N–H and O–H groups in total. The summed E-state index contributed by atoms with van der Waals surface area (Å²) < 4.78 is 74.0. The van der Waals surface area contributed by atoms with E-state index in [9.17, 15) is 26.3 Å². The Labute approximate surface area is 86.9 Å². The van der Waals surface area contributed by atoms with Crippen LogP contribution in [0, 0.1) is 0 Å². The topological polar surface area (TPSA) is 17.8 Å². The summed E-state index contributed by atoms with van der Waals surface area (Å²) in [5.41, 5.74) is -1.83. The van der Waals surface area contributed by atoms with Gasteiger partial charge in [-0.25, -0.2) is 0 Å². The summed E-state index contributed by atoms with van der Waals surface area (Å²) in [6, 6.07) is 0.415. The lowest BCUT2D eigenvalue weighted by Crippen LogP contribution is -2.20. The molecule has 0 amide bonds. The summed E-state index contributed by atoms with van der Waals surface area (Å²) in [5.74, 6) is -1.99. The van der Waals surface area contributed by atoms with E-state index in [4.69, 9.17) is 0 Å². The molecule has 0 spiro atoms. The van der Waals surface area contributed by atoms with Crippen molar-refractivity contribution >= 4 is 0 Å². The van der Waals surface area contributed by atoms with Gasteiger partial charge in [-0.3, -0.25) is 4.68 Å². The Morgan fingerprint density at radius 2 is 1.69 bits per heavy atom. The quantitative estimate of drug-likeness (QED) is 0.696. The molecule has 0 fully saturated rings. The highest BCUT2D eigenvalue weighted by Crippen LogP contribution is 2.36. The van der Waals surface area contributed by atoms with E-state index < -0.39 is 29.7 Å². The third-order valence-electron chi connectivity index (χ3n) is 2.14. The van der Waals surface area contributed by atoms with Crippen LogP contribution >= 0.6 is 0 Å². The summed E-state index contributed by atoms with van der Waals surface area (Å²) in [5, 5.41) is 3.01. The maximum atomic E-state index is 12.3. The molecule has 1 heterocycles. The van der Waals surface area contributed by atoms with Gasteiger partial charge in [0.25, 0.3) is 0 Å². The van der Waals surface area contributed by atoms with Gasteiger partial charge in [0.15, 0.2) is 5.69 Å². The molecule has 0 bridgehead atoms. The Kier molecular flexibility index (Phi) is 2.95. The number of aryl methyl sites for hydroxylation is 1. The molecule has 0 saturated heterocycles. The molecule has 1 rings (SSSR count). The van der Waals surface area contributed by atoms with Gasteiger partial charge in [0.1, 0.15) is 0 Å².